The molecule has 12 heteroatoms. The van der Waals surface area contributed by atoms with E-state index in [-0.39, 0.29) is 37.4 Å². The van der Waals surface area contributed by atoms with Crippen molar-refractivity contribution in [3.05, 3.63) is 57.5 Å². The zero-order chi connectivity index (χ0) is 25.2. The molecule has 1 aromatic carbocycles. The Kier molecular flexibility index (Phi) is 7.51. The summed E-state index contributed by atoms with van der Waals surface area (Å²) >= 11 is 0. The van der Waals surface area contributed by atoms with Gasteiger partial charge >= 0.3 is 0 Å². The van der Waals surface area contributed by atoms with Crippen LogP contribution in [0, 0.1) is 5.82 Å². The monoisotopic (exact) mass is 494 g/mol. The number of hydrogen-bond donors (Lipinski definition) is 1. The molecule has 2 aromatic rings. The van der Waals surface area contributed by atoms with Crippen molar-refractivity contribution in [3.8, 4) is 5.75 Å². The van der Waals surface area contributed by atoms with Crippen LogP contribution in [0.15, 0.2) is 29.1 Å². The predicted molar refractivity (Wildman–Crippen MR) is 122 cm³/mol. The van der Waals surface area contributed by atoms with Gasteiger partial charge in [-0.25, -0.2) is 17.8 Å². The third-order valence-electron chi connectivity index (χ3n) is 5.76. The van der Waals surface area contributed by atoms with Gasteiger partial charge in [-0.2, -0.15) is 0 Å². The van der Waals surface area contributed by atoms with Gasteiger partial charge in [0.05, 0.1) is 6.04 Å². The van der Waals surface area contributed by atoms with E-state index in [4.69, 9.17) is 0 Å². The van der Waals surface area contributed by atoms with Crippen LogP contribution >= 0.6 is 0 Å². The van der Waals surface area contributed by atoms with E-state index >= 15 is 0 Å². The second kappa shape index (κ2) is 10.0. The number of aromatic hydroxyl groups is 1. The third kappa shape index (κ3) is 5.86. The van der Waals surface area contributed by atoms with E-state index in [0.29, 0.717) is 12.1 Å². The molecule has 0 saturated heterocycles. The van der Waals surface area contributed by atoms with E-state index in [2.05, 4.69) is 4.98 Å². The van der Waals surface area contributed by atoms with Crippen LogP contribution in [0.2, 0.25) is 0 Å². The van der Waals surface area contributed by atoms with Gasteiger partial charge in [0.15, 0.2) is 21.3 Å². The lowest BCUT2D eigenvalue weighted by atomic mass is 10.0. The molecular weight excluding hydrogens is 467 g/mol. The van der Waals surface area contributed by atoms with Gasteiger partial charge < -0.3 is 10.0 Å². The first-order valence-corrected chi connectivity index (χ1v) is 12.7. The second-order valence-corrected chi connectivity index (χ2v) is 10.7. The van der Waals surface area contributed by atoms with E-state index < -0.39 is 50.4 Å². The smallest absolute Gasteiger partial charge is 0.296 e. The fourth-order valence-corrected chi connectivity index (χ4v) is 4.45. The van der Waals surface area contributed by atoms with Crippen LogP contribution in [0.3, 0.4) is 0 Å². The molecule has 0 aliphatic carbocycles. The van der Waals surface area contributed by atoms with Crippen LogP contribution in [-0.2, 0) is 27.6 Å². The minimum atomic E-state index is -3.52. The van der Waals surface area contributed by atoms with Gasteiger partial charge in [0.25, 0.3) is 5.56 Å². The number of nitrogens with zero attached hydrogens (tertiary/aromatic N) is 4. The highest BCUT2D eigenvalue weighted by Crippen LogP contribution is 2.25. The van der Waals surface area contributed by atoms with Crippen molar-refractivity contribution in [3.63, 3.8) is 0 Å². The molecule has 0 spiro atoms. The Morgan fingerprint density at radius 3 is 2.50 bits per heavy atom. The molecule has 1 aromatic heterocycles. The Balaban J connectivity index is 1.88. The predicted octanol–water partition coefficient (Wildman–Crippen LogP) is 0.393. The van der Waals surface area contributed by atoms with Gasteiger partial charge in [-0.3, -0.25) is 23.9 Å². The van der Waals surface area contributed by atoms with Crippen molar-refractivity contribution in [1.29, 1.82) is 0 Å². The number of carbonyl (C=O) groups is 2. The number of aromatic nitrogens is 2. The average molecular weight is 495 g/mol. The van der Waals surface area contributed by atoms with Crippen LogP contribution in [0.5, 0.6) is 5.75 Å². The van der Waals surface area contributed by atoms with Gasteiger partial charge in [-0.1, -0.05) is 12.1 Å². The lowest BCUT2D eigenvalue weighted by molar-refractivity contribution is -0.128. The molecule has 1 aliphatic heterocycles. The summed E-state index contributed by atoms with van der Waals surface area (Å²) in [5, 5.41) is 10.4. The maximum absolute atomic E-state index is 13.1. The summed E-state index contributed by atoms with van der Waals surface area (Å²) in [6.07, 6.45) is 1.18. The first-order valence-electron chi connectivity index (χ1n) is 10.6. The molecule has 0 radical (unpaired) electrons. The SMILES string of the molecule is CN(CC1c2nc(C(=O)CCc3ccc(F)cc3)c(O)c(=O)n2CCN1C)C(=O)CS(C)(=O)=O. The van der Waals surface area contributed by atoms with Crippen LogP contribution in [-0.4, -0.2) is 83.8 Å². The molecule has 10 nitrogen and oxygen atoms in total. The number of rotatable bonds is 8. The summed E-state index contributed by atoms with van der Waals surface area (Å²) < 4.78 is 37.3. The molecule has 3 rings (SSSR count). The number of sulfone groups is 1. The van der Waals surface area contributed by atoms with Crippen molar-refractivity contribution >= 4 is 21.5 Å². The third-order valence-corrected chi connectivity index (χ3v) is 6.53. The van der Waals surface area contributed by atoms with Gasteiger partial charge in [0.1, 0.15) is 17.4 Å². The molecule has 1 unspecified atom stereocenters. The lowest BCUT2D eigenvalue weighted by Gasteiger charge is -2.36. The first-order chi connectivity index (χ1) is 15.9. The highest BCUT2D eigenvalue weighted by atomic mass is 32.2. The van der Waals surface area contributed by atoms with Crippen molar-refractivity contribution in [2.24, 2.45) is 0 Å². The van der Waals surface area contributed by atoms with E-state index in [9.17, 15) is 32.3 Å². The largest absolute Gasteiger partial charge is 0.501 e. The Morgan fingerprint density at radius 2 is 1.88 bits per heavy atom. The van der Waals surface area contributed by atoms with Crippen molar-refractivity contribution in [1.82, 2.24) is 19.4 Å². The molecule has 2 heterocycles. The van der Waals surface area contributed by atoms with E-state index in [1.807, 2.05) is 4.90 Å². The van der Waals surface area contributed by atoms with E-state index in [1.54, 1.807) is 19.2 Å². The minimum absolute atomic E-state index is 0.0330. The number of halogens is 1. The number of hydrogen-bond acceptors (Lipinski definition) is 8. The van der Waals surface area contributed by atoms with Gasteiger partial charge in [-0.15, -0.1) is 0 Å². The normalized spacial score (nSPS) is 16.2. The number of benzene rings is 1. The topological polar surface area (TPSA) is 130 Å². The number of aryl methyl sites for hydroxylation is 1. The zero-order valence-electron chi connectivity index (χ0n) is 19.2. The second-order valence-electron chi connectivity index (χ2n) is 8.51. The van der Waals surface area contributed by atoms with Crippen LogP contribution in [0.25, 0.3) is 0 Å². The molecular formula is C22H27FN4O6S. The number of fused-ring (bicyclic) bond motifs is 1. The summed E-state index contributed by atoms with van der Waals surface area (Å²) in [5.74, 6) is -2.73. The summed E-state index contributed by atoms with van der Waals surface area (Å²) in [7, 11) is -0.305. The Hall–Kier alpha value is -3.12. The number of Topliss-reactive ketones (excluding diaryl/α,β-unsaturated/α-hetero) is 1. The molecule has 0 fully saturated rings. The molecule has 0 saturated carbocycles. The fourth-order valence-electron chi connectivity index (χ4n) is 3.78. The minimum Gasteiger partial charge on any atom is -0.501 e. The Labute approximate surface area is 196 Å². The Morgan fingerprint density at radius 1 is 1.24 bits per heavy atom. The molecule has 1 atom stereocenters. The summed E-state index contributed by atoms with van der Waals surface area (Å²) in [5.41, 5.74) is -0.394. The van der Waals surface area contributed by atoms with Crippen molar-refractivity contribution in [2.45, 2.75) is 25.4 Å². The molecule has 184 valence electrons. The lowest BCUT2D eigenvalue weighted by Crippen LogP contribution is -2.47. The van der Waals surface area contributed by atoms with Gasteiger partial charge in [0, 0.05) is 39.4 Å². The van der Waals surface area contributed by atoms with Crippen LogP contribution in [0.4, 0.5) is 4.39 Å². The summed E-state index contributed by atoms with van der Waals surface area (Å²) in [6, 6.07) is 5.06. The summed E-state index contributed by atoms with van der Waals surface area (Å²) in [4.78, 5) is 45.4. The Bertz CT molecular complexity index is 1260. The van der Waals surface area contributed by atoms with E-state index in [0.717, 1.165) is 6.26 Å². The molecule has 0 bridgehead atoms. The van der Waals surface area contributed by atoms with Crippen LogP contribution in [0.1, 0.15) is 34.3 Å². The highest BCUT2D eigenvalue weighted by molar-refractivity contribution is 7.91. The van der Waals surface area contributed by atoms with Crippen molar-refractivity contribution < 1.29 is 27.5 Å². The first kappa shape index (κ1) is 25.5. The number of ketones is 1. The number of carbonyl (C=O) groups excluding carboxylic acids is 2. The number of likely N-dealkylation sites (N-methyl/N-ethyl adjacent to an activating group) is 2. The van der Waals surface area contributed by atoms with Gasteiger partial charge in [-0.05, 0) is 31.2 Å². The van der Waals surface area contributed by atoms with Crippen molar-refractivity contribution in [2.75, 3.05) is 39.2 Å². The molecule has 1 aliphatic rings. The van der Waals surface area contributed by atoms with E-state index in [1.165, 1.54) is 28.6 Å². The zero-order valence-corrected chi connectivity index (χ0v) is 20.0. The summed E-state index contributed by atoms with van der Waals surface area (Å²) in [6.45, 7) is 0.683. The quantitative estimate of drug-likeness (QED) is 0.522. The maximum atomic E-state index is 13.1. The molecule has 1 amide bonds. The maximum Gasteiger partial charge on any atom is 0.296 e. The number of amides is 1. The van der Waals surface area contributed by atoms with Gasteiger partial charge in [0.2, 0.25) is 11.7 Å². The fraction of sp³-hybridized carbons (Fsp3) is 0.455. The van der Waals surface area contributed by atoms with Crippen LogP contribution < -0.4 is 5.56 Å². The standard InChI is InChI=1S/C22H27FN4O6S/c1-25-10-11-27-21(16(25)12-26(2)18(29)13-34(3,32)33)24-19(20(30)22(27)31)17(28)9-6-14-4-7-15(23)8-5-14/h4-5,7-8,16,30H,6,9-13H2,1-3H3. The molecule has 34 heavy (non-hydrogen) atoms. The average Bonchev–Trinajstić information content (AvgIpc) is 2.76. The molecule has 1 N–H and O–H groups in total. The highest BCUT2D eigenvalue weighted by Gasteiger charge is 2.33.